The molecule has 0 saturated carbocycles. The topological polar surface area (TPSA) is 75.0 Å². The molecule has 0 radical (unpaired) electrons. The molecule has 0 saturated heterocycles. The van der Waals surface area contributed by atoms with Gasteiger partial charge in [0.2, 0.25) is 0 Å². The van der Waals surface area contributed by atoms with Crippen molar-refractivity contribution in [2.75, 3.05) is 12.3 Å². The molecule has 4 rings (SSSR count). The van der Waals surface area contributed by atoms with Gasteiger partial charge in [-0.05, 0) is 61.2 Å². The minimum Gasteiger partial charge on any atom is -0.399 e. The molecule has 5 nitrogen and oxygen atoms in total. The maximum Gasteiger partial charge on any atom is 0.254 e. The highest BCUT2D eigenvalue weighted by Crippen LogP contribution is 2.22. The number of fused-ring (bicyclic) bond motifs is 1. The van der Waals surface area contributed by atoms with Gasteiger partial charge in [0.25, 0.3) is 5.56 Å². The third-order valence-corrected chi connectivity index (χ3v) is 5.36. The average Bonchev–Trinajstić information content (AvgIpc) is 2.65. The van der Waals surface area contributed by atoms with Crippen LogP contribution in [0.15, 0.2) is 47.3 Å². The molecule has 0 bridgehead atoms. The molecule has 0 unspecified atom stereocenters. The number of nitrogens with one attached hydrogen (secondary N) is 1. The van der Waals surface area contributed by atoms with Crippen molar-refractivity contribution in [3.8, 4) is 11.4 Å². The van der Waals surface area contributed by atoms with Crippen LogP contribution in [-0.2, 0) is 19.5 Å². The maximum absolute atomic E-state index is 12.6. The van der Waals surface area contributed by atoms with Gasteiger partial charge in [-0.1, -0.05) is 18.2 Å². The van der Waals surface area contributed by atoms with E-state index in [1.54, 1.807) is 0 Å². The molecule has 1 aliphatic heterocycles. The van der Waals surface area contributed by atoms with Crippen molar-refractivity contribution in [1.29, 1.82) is 0 Å². The normalized spacial score (nSPS) is 14.1. The Balaban J connectivity index is 1.63. The highest BCUT2D eigenvalue weighted by atomic mass is 16.1. The van der Waals surface area contributed by atoms with Gasteiger partial charge < -0.3 is 10.7 Å². The molecule has 2 heterocycles. The number of anilines is 1. The number of nitrogens with two attached hydrogens (primary N) is 1. The van der Waals surface area contributed by atoms with Gasteiger partial charge in [-0.3, -0.25) is 9.69 Å². The van der Waals surface area contributed by atoms with E-state index in [-0.39, 0.29) is 5.56 Å². The Bertz CT molecular complexity index is 1020. The molecule has 0 atom stereocenters. The van der Waals surface area contributed by atoms with E-state index in [9.17, 15) is 4.79 Å². The Kier molecular flexibility index (Phi) is 4.54. The average molecular weight is 360 g/mol. The van der Waals surface area contributed by atoms with Gasteiger partial charge in [0.05, 0.1) is 5.69 Å². The molecule has 3 N–H and O–H groups in total. The molecular formula is C22H24N4O. The van der Waals surface area contributed by atoms with Crippen molar-refractivity contribution in [3.63, 3.8) is 0 Å². The number of hydrogen-bond acceptors (Lipinski definition) is 4. The first-order valence-corrected chi connectivity index (χ1v) is 9.26. The lowest BCUT2D eigenvalue weighted by atomic mass is 10.0. The molecule has 1 aromatic heterocycles. The zero-order chi connectivity index (χ0) is 19.0. The number of aromatic nitrogens is 2. The van der Waals surface area contributed by atoms with E-state index in [1.165, 1.54) is 16.7 Å². The van der Waals surface area contributed by atoms with E-state index in [4.69, 9.17) is 10.7 Å². The van der Waals surface area contributed by atoms with E-state index in [0.29, 0.717) is 18.1 Å². The minimum atomic E-state index is -0.0291. The zero-order valence-electron chi connectivity index (χ0n) is 15.7. The van der Waals surface area contributed by atoms with Crippen LogP contribution in [0.1, 0.15) is 27.9 Å². The van der Waals surface area contributed by atoms with Crippen LogP contribution in [0.5, 0.6) is 0 Å². The van der Waals surface area contributed by atoms with Gasteiger partial charge in [0.15, 0.2) is 0 Å². The third-order valence-electron chi connectivity index (χ3n) is 5.36. The molecule has 5 heteroatoms. The largest absolute Gasteiger partial charge is 0.399 e. The summed E-state index contributed by atoms with van der Waals surface area (Å²) >= 11 is 0. The Hall–Kier alpha value is -2.92. The molecule has 0 aliphatic carbocycles. The third kappa shape index (κ3) is 3.51. The van der Waals surface area contributed by atoms with Crippen molar-refractivity contribution in [2.45, 2.75) is 33.4 Å². The van der Waals surface area contributed by atoms with Crippen LogP contribution in [0.4, 0.5) is 5.69 Å². The SMILES string of the molecule is Cc1cccc(C)c1CN1CCc2c(nc(-c3ccc(N)cc3)[nH]c2=O)C1. The van der Waals surface area contributed by atoms with Crippen LogP contribution in [0.2, 0.25) is 0 Å². The van der Waals surface area contributed by atoms with Gasteiger partial charge in [0.1, 0.15) is 5.82 Å². The lowest BCUT2D eigenvalue weighted by Crippen LogP contribution is -2.35. The fourth-order valence-corrected chi connectivity index (χ4v) is 3.73. The first-order chi connectivity index (χ1) is 13.0. The molecule has 138 valence electrons. The monoisotopic (exact) mass is 360 g/mol. The van der Waals surface area contributed by atoms with E-state index < -0.39 is 0 Å². The highest BCUT2D eigenvalue weighted by molar-refractivity contribution is 5.58. The van der Waals surface area contributed by atoms with E-state index >= 15 is 0 Å². The van der Waals surface area contributed by atoms with Crippen molar-refractivity contribution in [1.82, 2.24) is 14.9 Å². The Morgan fingerprint density at radius 1 is 1.11 bits per heavy atom. The van der Waals surface area contributed by atoms with Crippen molar-refractivity contribution in [3.05, 3.63) is 80.8 Å². The summed E-state index contributed by atoms with van der Waals surface area (Å²) in [7, 11) is 0. The summed E-state index contributed by atoms with van der Waals surface area (Å²) in [4.78, 5) is 22.6. The van der Waals surface area contributed by atoms with E-state index in [1.807, 2.05) is 24.3 Å². The number of aryl methyl sites for hydroxylation is 2. The minimum absolute atomic E-state index is 0.0291. The summed E-state index contributed by atoms with van der Waals surface area (Å²) in [5.41, 5.74) is 13.0. The Morgan fingerprint density at radius 3 is 2.52 bits per heavy atom. The van der Waals surface area contributed by atoms with Crippen LogP contribution < -0.4 is 11.3 Å². The summed E-state index contributed by atoms with van der Waals surface area (Å²) in [6.45, 7) is 6.75. The molecule has 0 spiro atoms. The van der Waals surface area contributed by atoms with E-state index in [0.717, 1.165) is 36.3 Å². The van der Waals surface area contributed by atoms with Gasteiger partial charge in [-0.15, -0.1) is 0 Å². The Labute approximate surface area is 158 Å². The first kappa shape index (κ1) is 17.5. The fraction of sp³-hybridized carbons (Fsp3) is 0.273. The smallest absolute Gasteiger partial charge is 0.254 e. The lowest BCUT2D eigenvalue weighted by molar-refractivity contribution is 0.239. The van der Waals surface area contributed by atoms with Crippen molar-refractivity contribution >= 4 is 5.69 Å². The fourth-order valence-electron chi connectivity index (χ4n) is 3.73. The molecule has 2 aromatic carbocycles. The zero-order valence-corrected chi connectivity index (χ0v) is 15.7. The van der Waals surface area contributed by atoms with Crippen molar-refractivity contribution < 1.29 is 0 Å². The molecular weight excluding hydrogens is 336 g/mol. The van der Waals surface area contributed by atoms with Gasteiger partial charge in [-0.25, -0.2) is 4.98 Å². The molecule has 0 fully saturated rings. The number of rotatable bonds is 3. The molecule has 1 aliphatic rings. The molecule has 0 amide bonds. The second-order valence-corrected chi connectivity index (χ2v) is 7.29. The maximum atomic E-state index is 12.6. The van der Waals surface area contributed by atoms with Gasteiger partial charge in [0, 0.05) is 36.4 Å². The summed E-state index contributed by atoms with van der Waals surface area (Å²) in [6.07, 6.45) is 0.727. The number of benzene rings is 2. The lowest BCUT2D eigenvalue weighted by Gasteiger charge is -2.28. The van der Waals surface area contributed by atoms with Crippen LogP contribution in [-0.4, -0.2) is 21.4 Å². The van der Waals surface area contributed by atoms with Crippen molar-refractivity contribution in [2.24, 2.45) is 0 Å². The number of hydrogen-bond donors (Lipinski definition) is 2. The van der Waals surface area contributed by atoms with Crippen LogP contribution in [0.25, 0.3) is 11.4 Å². The summed E-state index contributed by atoms with van der Waals surface area (Å²) in [5.74, 6) is 0.604. The number of nitrogens with zero attached hydrogens (tertiary/aromatic N) is 2. The summed E-state index contributed by atoms with van der Waals surface area (Å²) in [5, 5.41) is 0. The quantitative estimate of drug-likeness (QED) is 0.704. The first-order valence-electron chi connectivity index (χ1n) is 9.26. The van der Waals surface area contributed by atoms with Crippen LogP contribution in [0, 0.1) is 13.8 Å². The van der Waals surface area contributed by atoms with Gasteiger partial charge in [-0.2, -0.15) is 0 Å². The second-order valence-electron chi connectivity index (χ2n) is 7.29. The molecule has 27 heavy (non-hydrogen) atoms. The highest BCUT2D eigenvalue weighted by Gasteiger charge is 2.22. The summed E-state index contributed by atoms with van der Waals surface area (Å²) in [6, 6.07) is 13.8. The van der Waals surface area contributed by atoms with E-state index in [2.05, 4.69) is 41.9 Å². The summed E-state index contributed by atoms with van der Waals surface area (Å²) < 4.78 is 0. The Morgan fingerprint density at radius 2 is 1.81 bits per heavy atom. The molecule has 3 aromatic rings. The number of aromatic amines is 1. The second kappa shape index (κ2) is 7.00. The number of H-pyrrole nitrogens is 1. The predicted molar refractivity (Wildman–Crippen MR) is 108 cm³/mol. The standard InChI is InChI=1S/C22H24N4O/c1-14-4-3-5-15(2)19(14)12-26-11-10-18-20(13-26)24-21(25-22(18)27)16-6-8-17(23)9-7-16/h3-9H,10-13,23H2,1-2H3,(H,24,25,27). The van der Waals surface area contributed by atoms with Gasteiger partial charge >= 0.3 is 0 Å². The predicted octanol–water partition coefficient (Wildman–Crippen LogP) is 3.19. The number of nitrogen functional groups attached to an aromatic ring is 1. The van der Waals surface area contributed by atoms with Crippen LogP contribution in [0.3, 0.4) is 0 Å². The van der Waals surface area contributed by atoms with Crippen LogP contribution >= 0.6 is 0 Å².